The predicted molar refractivity (Wildman–Crippen MR) is 119 cm³/mol. The number of hydrogen-bond donors (Lipinski definition) is 4. The SMILES string of the molecule is O=C1OC(c2ccc(O)cc2)(c2ccc(O[C@@H]3O[C@H](C(=O)[O-])[C@@H](O)[C@H](O)[C@H]3O)cc2)c2ccccc21. The molecule has 36 heavy (non-hydrogen) atoms. The van der Waals surface area contributed by atoms with Gasteiger partial charge in [-0.1, -0.05) is 42.5 Å². The predicted octanol–water partition coefficient (Wildman–Crippen LogP) is -0.209. The van der Waals surface area contributed by atoms with Crippen molar-refractivity contribution in [1.29, 1.82) is 0 Å². The van der Waals surface area contributed by atoms with Crippen LogP contribution in [0.15, 0.2) is 72.8 Å². The van der Waals surface area contributed by atoms with Crippen molar-refractivity contribution in [3.63, 3.8) is 0 Å². The Labute approximate surface area is 204 Å². The van der Waals surface area contributed by atoms with Crippen LogP contribution in [0.3, 0.4) is 0 Å². The zero-order chi connectivity index (χ0) is 25.6. The van der Waals surface area contributed by atoms with Gasteiger partial charge < -0.3 is 44.5 Å². The summed E-state index contributed by atoms with van der Waals surface area (Å²) in [6, 6.07) is 19.4. The quantitative estimate of drug-likeness (QED) is 0.349. The minimum absolute atomic E-state index is 0.0449. The number of esters is 1. The van der Waals surface area contributed by atoms with E-state index in [1.54, 1.807) is 48.5 Å². The van der Waals surface area contributed by atoms with E-state index in [0.717, 1.165) is 0 Å². The number of aromatic hydroxyl groups is 1. The third-order valence-corrected chi connectivity index (χ3v) is 6.36. The maximum Gasteiger partial charge on any atom is 0.340 e. The lowest BCUT2D eigenvalue weighted by atomic mass is 9.80. The third-order valence-electron chi connectivity index (χ3n) is 6.36. The minimum Gasteiger partial charge on any atom is -0.547 e. The molecule has 2 aliphatic heterocycles. The van der Waals surface area contributed by atoms with Crippen LogP contribution < -0.4 is 9.84 Å². The van der Waals surface area contributed by atoms with Crippen LogP contribution in [-0.2, 0) is 19.9 Å². The number of carbonyl (C=O) groups is 2. The molecule has 0 amide bonds. The van der Waals surface area contributed by atoms with Crippen molar-refractivity contribution in [3.05, 3.63) is 95.1 Å². The van der Waals surface area contributed by atoms with Crippen LogP contribution in [-0.4, -0.2) is 63.1 Å². The molecule has 0 radical (unpaired) electrons. The summed E-state index contributed by atoms with van der Waals surface area (Å²) in [5.74, 6) is -2.10. The Morgan fingerprint density at radius 3 is 2.11 bits per heavy atom. The van der Waals surface area contributed by atoms with Gasteiger partial charge >= 0.3 is 5.97 Å². The van der Waals surface area contributed by atoms with E-state index in [1.165, 1.54) is 24.3 Å². The first-order chi connectivity index (χ1) is 17.2. The summed E-state index contributed by atoms with van der Waals surface area (Å²) in [4.78, 5) is 24.0. The van der Waals surface area contributed by atoms with Gasteiger partial charge in [-0.3, -0.25) is 0 Å². The summed E-state index contributed by atoms with van der Waals surface area (Å²) in [6.07, 6.45) is -8.97. The largest absolute Gasteiger partial charge is 0.547 e. The van der Waals surface area contributed by atoms with Crippen molar-refractivity contribution in [1.82, 2.24) is 0 Å². The van der Waals surface area contributed by atoms with Crippen LogP contribution in [0.2, 0.25) is 0 Å². The molecule has 0 aromatic heterocycles. The van der Waals surface area contributed by atoms with Crippen LogP contribution >= 0.6 is 0 Å². The highest BCUT2D eigenvalue weighted by molar-refractivity contribution is 5.96. The number of aliphatic hydroxyl groups excluding tert-OH is 3. The number of phenols is 1. The maximum absolute atomic E-state index is 12.8. The second-order valence-electron chi connectivity index (χ2n) is 8.52. The molecule has 0 aliphatic carbocycles. The van der Waals surface area contributed by atoms with Crippen LogP contribution in [0.1, 0.15) is 27.0 Å². The fourth-order valence-corrected chi connectivity index (χ4v) is 4.55. The molecule has 6 atom stereocenters. The molecule has 186 valence electrons. The van der Waals surface area contributed by atoms with E-state index in [-0.39, 0.29) is 11.5 Å². The molecule has 0 saturated carbocycles. The first-order valence-corrected chi connectivity index (χ1v) is 11.0. The summed E-state index contributed by atoms with van der Waals surface area (Å²) in [5.41, 5.74) is 0.820. The lowest BCUT2D eigenvalue weighted by molar-refractivity contribution is -0.342. The molecule has 2 heterocycles. The van der Waals surface area contributed by atoms with Gasteiger partial charge in [0.15, 0.2) is 5.60 Å². The molecule has 5 rings (SSSR count). The first kappa shape index (κ1) is 23.8. The van der Waals surface area contributed by atoms with Crippen LogP contribution in [0, 0.1) is 0 Å². The van der Waals surface area contributed by atoms with Gasteiger partial charge in [0.05, 0.1) is 11.5 Å². The second kappa shape index (κ2) is 8.92. The van der Waals surface area contributed by atoms with Crippen molar-refractivity contribution in [2.45, 2.75) is 36.3 Å². The number of fused-ring (bicyclic) bond motifs is 1. The summed E-state index contributed by atoms with van der Waals surface area (Å²) in [6.45, 7) is 0. The number of carboxylic acid groups (broad SMARTS) is 1. The Kier molecular flexibility index (Phi) is 5.89. The van der Waals surface area contributed by atoms with Crippen LogP contribution in [0.5, 0.6) is 11.5 Å². The fourth-order valence-electron chi connectivity index (χ4n) is 4.55. The molecule has 4 N–H and O–H groups in total. The standard InChI is InChI=1S/C26H22O10/c27-15-9-5-13(6-10-15)26(18-4-2-1-3-17(18)24(33)36-26)14-7-11-16(12-8-14)34-25-21(30)19(28)20(29)22(35-25)23(31)32/h1-12,19-22,25,27-30H,(H,31,32)/p-1/t19-,20-,21+,22-,25+,26?/m0/s1. The molecule has 1 saturated heterocycles. The lowest BCUT2D eigenvalue weighted by Gasteiger charge is -2.40. The van der Waals surface area contributed by atoms with Crippen LogP contribution in [0.25, 0.3) is 0 Å². The molecule has 0 bridgehead atoms. The van der Waals surface area contributed by atoms with Gasteiger partial charge in [0.2, 0.25) is 6.29 Å². The highest BCUT2D eigenvalue weighted by Gasteiger charge is 2.49. The fraction of sp³-hybridized carbons (Fsp3) is 0.231. The number of carbonyl (C=O) groups excluding carboxylic acids is 2. The van der Waals surface area contributed by atoms with E-state index < -0.39 is 48.2 Å². The number of ether oxygens (including phenoxy) is 3. The first-order valence-electron chi connectivity index (χ1n) is 11.0. The van der Waals surface area contributed by atoms with Gasteiger partial charge in [0, 0.05) is 16.7 Å². The monoisotopic (exact) mass is 493 g/mol. The molecule has 1 fully saturated rings. The summed E-state index contributed by atoms with van der Waals surface area (Å²) >= 11 is 0. The Hall–Kier alpha value is -3.96. The number of phenolic OH excluding ortho intramolecular Hbond substituents is 1. The van der Waals surface area contributed by atoms with Gasteiger partial charge in [-0.2, -0.15) is 0 Å². The number of rotatable bonds is 5. The molecule has 3 aromatic carbocycles. The zero-order valence-corrected chi connectivity index (χ0v) is 18.6. The number of aliphatic hydroxyl groups is 3. The highest BCUT2D eigenvalue weighted by Crippen LogP contribution is 2.47. The van der Waals surface area contributed by atoms with Crippen molar-refractivity contribution in [3.8, 4) is 11.5 Å². The van der Waals surface area contributed by atoms with E-state index in [4.69, 9.17) is 14.2 Å². The van der Waals surface area contributed by atoms with Crippen molar-refractivity contribution < 1.29 is 49.3 Å². The van der Waals surface area contributed by atoms with E-state index in [2.05, 4.69) is 0 Å². The maximum atomic E-state index is 12.8. The lowest BCUT2D eigenvalue weighted by Crippen LogP contribution is -2.63. The van der Waals surface area contributed by atoms with Gasteiger partial charge in [-0.15, -0.1) is 0 Å². The van der Waals surface area contributed by atoms with Gasteiger partial charge in [-0.05, 0) is 30.3 Å². The van der Waals surface area contributed by atoms with E-state index in [1.807, 2.05) is 0 Å². The second-order valence-corrected chi connectivity index (χ2v) is 8.52. The van der Waals surface area contributed by atoms with Crippen molar-refractivity contribution in [2.75, 3.05) is 0 Å². The molecule has 2 aliphatic rings. The Morgan fingerprint density at radius 2 is 1.47 bits per heavy atom. The normalized spacial score (nSPS) is 29.3. The zero-order valence-electron chi connectivity index (χ0n) is 18.6. The third kappa shape index (κ3) is 3.76. The number of hydrogen-bond acceptors (Lipinski definition) is 10. The molecule has 10 heteroatoms. The van der Waals surface area contributed by atoms with Gasteiger partial charge in [-0.25, -0.2) is 4.79 Å². The molecular weight excluding hydrogens is 472 g/mol. The summed E-state index contributed by atoms with van der Waals surface area (Å²) in [5, 5.41) is 51.0. The average Bonchev–Trinajstić information content (AvgIpc) is 3.18. The van der Waals surface area contributed by atoms with Gasteiger partial charge in [0.25, 0.3) is 0 Å². The summed E-state index contributed by atoms with van der Waals surface area (Å²) < 4.78 is 16.6. The Bertz CT molecular complexity index is 1290. The molecular formula is C26H21O10-. The van der Waals surface area contributed by atoms with E-state index in [9.17, 15) is 35.1 Å². The van der Waals surface area contributed by atoms with Crippen LogP contribution in [0.4, 0.5) is 0 Å². The summed E-state index contributed by atoms with van der Waals surface area (Å²) in [7, 11) is 0. The van der Waals surface area contributed by atoms with E-state index in [0.29, 0.717) is 22.3 Å². The molecule has 0 spiro atoms. The minimum atomic E-state index is -1.90. The topological polar surface area (TPSA) is 166 Å². The number of benzene rings is 3. The van der Waals surface area contributed by atoms with Crippen molar-refractivity contribution in [2.24, 2.45) is 0 Å². The average molecular weight is 493 g/mol. The number of carboxylic acids is 1. The smallest absolute Gasteiger partial charge is 0.340 e. The van der Waals surface area contributed by atoms with E-state index >= 15 is 0 Å². The van der Waals surface area contributed by atoms with Gasteiger partial charge in [0.1, 0.15) is 35.9 Å². The highest BCUT2D eigenvalue weighted by atomic mass is 16.7. The molecule has 10 nitrogen and oxygen atoms in total. The van der Waals surface area contributed by atoms with Crippen molar-refractivity contribution >= 4 is 11.9 Å². The molecule has 1 unspecified atom stereocenters. The Morgan fingerprint density at radius 1 is 0.861 bits per heavy atom. The number of cyclic esters (lactones) is 1. The molecule has 3 aromatic rings. The number of aliphatic carboxylic acids is 1. The Balaban J connectivity index is 1.50.